The molecule has 0 atom stereocenters. The molecule has 4 rings (SSSR count). The Morgan fingerprint density at radius 3 is 2.78 bits per heavy atom. The summed E-state index contributed by atoms with van der Waals surface area (Å²) in [5.74, 6) is 0.840. The van der Waals surface area contributed by atoms with Crippen molar-refractivity contribution in [3.63, 3.8) is 0 Å². The van der Waals surface area contributed by atoms with Gasteiger partial charge in [0.05, 0.1) is 5.39 Å². The molecule has 0 unspecified atom stereocenters. The molecule has 3 heterocycles. The molecule has 0 spiro atoms. The van der Waals surface area contributed by atoms with Crippen molar-refractivity contribution in [2.45, 2.75) is 33.7 Å². The van der Waals surface area contributed by atoms with Crippen LogP contribution in [0.4, 0.5) is 0 Å². The average Bonchev–Trinajstić information content (AvgIpc) is 3.05. The topological polar surface area (TPSA) is 34.9 Å². The lowest BCUT2D eigenvalue weighted by molar-refractivity contribution is 0.726. The number of aryl methyl sites for hydroxylation is 3. The van der Waals surface area contributed by atoms with Gasteiger partial charge in [-0.25, -0.2) is 4.98 Å². The van der Waals surface area contributed by atoms with E-state index in [0.717, 1.165) is 40.1 Å². The molecular formula is C19H18N2OS. The smallest absolute Gasteiger partial charge is 0.262 e. The van der Waals surface area contributed by atoms with Gasteiger partial charge in [0.1, 0.15) is 10.7 Å². The van der Waals surface area contributed by atoms with Gasteiger partial charge in [0.15, 0.2) is 0 Å². The van der Waals surface area contributed by atoms with Crippen molar-refractivity contribution in [1.82, 2.24) is 9.55 Å². The predicted octanol–water partition coefficient (Wildman–Crippen LogP) is 4.33. The average molecular weight is 322 g/mol. The van der Waals surface area contributed by atoms with E-state index in [9.17, 15) is 4.79 Å². The number of benzene rings is 1. The third kappa shape index (κ3) is 2.17. The van der Waals surface area contributed by atoms with Crippen molar-refractivity contribution < 1.29 is 0 Å². The van der Waals surface area contributed by atoms with Gasteiger partial charge in [0, 0.05) is 11.4 Å². The summed E-state index contributed by atoms with van der Waals surface area (Å²) in [6.45, 7) is 6.91. The number of allylic oxidation sites excluding steroid dienone is 1. The van der Waals surface area contributed by atoms with Crippen LogP contribution in [-0.4, -0.2) is 9.55 Å². The summed E-state index contributed by atoms with van der Waals surface area (Å²) in [6.07, 6.45) is 3.05. The van der Waals surface area contributed by atoms with Crippen LogP contribution in [0.5, 0.6) is 0 Å². The number of nitrogens with zero attached hydrogens (tertiary/aromatic N) is 2. The summed E-state index contributed by atoms with van der Waals surface area (Å²) >= 11 is 1.62. The molecule has 0 N–H and O–H groups in total. The van der Waals surface area contributed by atoms with E-state index in [0.29, 0.717) is 0 Å². The first kappa shape index (κ1) is 14.4. The van der Waals surface area contributed by atoms with Gasteiger partial charge in [-0.3, -0.25) is 9.36 Å². The second-order valence-electron chi connectivity index (χ2n) is 6.13. The van der Waals surface area contributed by atoms with E-state index in [1.54, 1.807) is 11.3 Å². The lowest BCUT2D eigenvalue weighted by Crippen LogP contribution is -2.20. The Morgan fingerprint density at radius 2 is 2.00 bits per heavy atom. The van der Waals surface area contributed by atoms with Gasteiger partial charge in [0.2, 0.25) is 0 Å². The highest BCUT2D eigenvalue weighted by molar-refractivity contribution is 7.18. The number of hydrogen-bond acceptors (Lipinski definition) is 3. The highest BCUT2D eigenvalue weighted by atomic mass is 32.1. The molecule has 1 aliphatic rings. The first-order chi connectivity index (χ1) is 11.1. The van der Waals surface area contributed by atoms with E-state index in [1.165, 1.54) is 16.0 Å². The SMILES string of the molecule is Cc1ccccc1/C=C1/CCn2c1nc1sc(C)c(C)c1c2=O. The molecule has 0 fully saturated rings. The number of hydrogen-bond donors (Lipinski definition) is 0. The van der Waals surface area contributed by atoms with E-state index in [1.807, 2.05) is 23.6 Å². The Kier molecular flexibility index (Phi) is 3.23. The second-order valence-corrected chi connectivity index (χ2v) is 7.33. The van der Waals surface area contributed by atoms with Gasteiger partial charge in [-0.1, -0.05) is 24.3 Å². The van der Waals surface area contributed by atoms with Crippen LogP contribution in [0.25, 0.3) is 21.9 Å². The molecule has 0 bridgehead atoms. The third-order valence-corrected chi connectivity index (χ3v) is 5.80. The molecular weight excluding hydrogens is 304 g/mol. The Bertz CT molecular complexity index is 1020. The quantitative estimate of drug-likeness (QED) is 0.668. The Morgan fingerprint density at radius 1 is 1.22 bits per heavy atom. The van der Waals surface area contributed by atoms with Gasteiger partial charge in [-0.05, 0) is 55.5 Å². The lowest BCUT2D eigenvalue weighted by atomic mass is 10.0. The molecule has 2 aromatic heterocycles. The summed E-state index contributed by atoms with van der Waals surface area (Å²) in [5, 5.41) is 0.799. The minimum atomic E-state index is 0.111. The van der Waals surface area contributed by atoms with Gasteiger partial charge in [0.25, 0.3) is 5.56 Å². The molecule has 1 aromatic carbocycles. The number of thiophene rings is 1. The first-order valence-electron chi connectivity index (χ1n) is 7.83. The second kappa shape index (κ2) is 5.17. The fraction of sp³-hybridized carbons (Fsp3) is 0.263. The van der Waals surface area contributed by atoms with Crippen molar-refractivity contribution in [2.24, 2.45) is 0 Å². The molecule has 0 saturated heterocycles. The van der Waals surface area contributed by atoms with Crippen molar-refractivity contribution in [3.05, 3.63) is 62.0 Å². The van der Waals surface area contributed by atoms with Gasteiger partial charge >= 0.3 is 0 Å². The van der Waals surface area contributed by atoms with Gasteiger partial charge in [-0.2, -0.15) is 0 Å². The predicted molar refractivity (Wildman–Crippen MR) is 97.0 cm³/mol. The lowest BCUT2D eigenvalue weighted by Gasteiger charge is -2.04. The van der Waals surface area contributed by atoms with Crippen LogP contribution < -0.4 is 5.56 Å². The van der Waals surface area contributed by atoms with Gasteiger partial charge < -0.3 is 0 Å². The molecule has 3 nitrogen and oxygen atoms in total. The zero-order valence-electron chi connectivity index (χ0n) is 13.5. The third-order valence-electron chi connectivity index (χ3n) is 4.70. The van der Waals surface area contributed by atoms with Crippen molar-refractivity contribution in [3.8, 4) is 0 Å². The molecule has 3 aromatic rings. The largest absolute Gasteiger partial charge is 0.292 e. The Balaban J connectivity index is 1.94. The monoisotopic (exact) mass is 322 g/mol. The number of aromatic nitrogens is 2. The number of rotatable bonds is 1. The van der Waals surface area contributed by atoms with E-state index in [-0.39, 0.29) is 5.56 Å². The molecule has 0 saturated carbocycles. The molecule has 0 aliphatic carbocycles. The van der Waals surface area contributed by atoms with Crippen molar-refractivity contribution >= 4 is 33.2 Å². The van der Waals surface area contributed by atoms with Crippen LogP contribution in [0, 0.1) is 20.8 Å². The maximum atomic E-state index is 12.8. The Hall–Kier alpha value is -2.20. The summed E-state index contributed by atoms with van der Waals surface area (Å²) < 4.78 is 1.84. The minimum absolute atomic E-state index is 0.111. The van der Waals surface area contributed by atoms with Gasteiger partial charge in [-0.15, -0.1) is 11.3 Å². The zero-order chi connectivity index (χ0) is 16.1. The van der Waals surface area contributed by atoms with Crippen LogP contribution in [-0.2, 0) is 6.54 Å². The summed E-state index contributed by atoms with van der Waals surface area (Å²) in [4.78, 5) is 19.7. The molecule has 1 aliphatic heterocycles. The summed E-state index contributed by atoms with van der Waals surface area (Å²) in [7, 11) is 0. The molecule has 4 heteroatoms. The van der Waals surface area contributed by atoms with Crippen LogP contribution in [0.3, 0.4) is 0 Å². The van der Waals surface area contributed by atoms with Crippen molar-refractivity contribution in [2.75, 3.05) is 0 Å². The highest BCUT2D eigenvalue weighted by Gasteiger charge is 2.23. The minimum Gasteiger partial charge on any atom is -0.292 e. The molecule has 0 amide bonds. The summed E-state index contributed by atoms with van der Waals surface area (Å²) in [5.41, 5.74) is 4.78. The fourth-order valence-electron chi connectivity index (χ4n) is 3.20. The normalized spacial score (nSPS) is 15.5. The summed E-state index contributed by atoms with van der Waals surface area (Å²) in [6, 6.07) is 8.31. The van der Waals surface area contributed by atoms with E-state index >= 15 is 0 Å². The van der Waals surface area contributed by atoms with Crippen LogP contribution in [0.2, 0.25) is 0 Å². The van der Waals surface area contributed by atoms with Crippen LogP contribution in [0.15, 0.2) is 29.1 Å². The van der Waals surface area contributed by atoms with E-state index < -0.39 is 0 Å². The molecule has 0 radical (unpaired) electrons. The van der Waals surface area contributed by atoms with Crippen LogP contribution in [0.1, 0.15) is 33.8 Å². The maximum Gasteiger partial charge on any atom is 0.262 e. The standard InChI is InChI=1S/C19H18N2OS/c1-11-6-4-5-7-14(11)10-15-8-9-21-17(15)20-18-16(19(21)22)12(2)13(3)23-18/h4-7,10H,8-9H2,1-3H3/b15-10-. The molecule has 116 valence electrons. The van der Waals surface area contributed by atoms with E-state index in [4.69, 9.17) is 4.98 Å². The Labute approximate surface area is 138 Å². The molecule has 23 heavy (non-hydrogen) atoms. The highest BCUT2D eigenvalue weighted by Crippen LogP contribution is 2.32. The zero-order valence-corrected chi connectivity index (χ0v) is 14.3. The van der Waals surface area contributed by atoms with Crippen molar-refractivity contribution in [1.29, 1.82) is 0 Å². The maximum absolute atomic E-state index is 12.8. The number of fused-ring (bicyclic) bond motifs is 2. The van der Waals surface area contributed by atoms with Crippen LogP contribution >= 0.6 is 11.3 Å². The fourth-order valence-corrected chi connectivity index (χ4v) is 4.22. The van der Waals surface area contributed by atoms with E-state index in [2.05, 4.69) is 32.1 Å². The first-order valence-corrected chi connectivity index (χ1v) is 8.65.